The van der Waals surface area contributed by atoms with Gasteiger partial charge in [0.05, 0.1) is 22.9 Å². The van der Waals surface area contributed by atoms with Crippen molar-refractivity contribution in [2.24, 2.45) is 0 Å². The molecule has 1 unspecified atom stereocenters. The van der Waals surface area contributed by atoms with Gasteiger partial charge in [0, 0.05) is 11.4 Å². The summed E-state index contributed by atoms with van der Waals surface area (Å²) in [6.07, 6.45) is 1.75. The Hall–Kier alpha value is -1.20. The lowest BCUT2D eigenvalue weighted by Crippen LogP contribution is -2.18. The zero-order valence-electron chi connectivity index (χ0n) is 10.6. The fourth-order valence-corrected chi connectivity index (χ4v) is 2.53. The molecule has 1 N–H and O–H groups in total. The van der Waals surface area contributed by atoms with E-state index in [1.54, 1.807) is 17.5 Å². The zero-order valence-corrected chi connectivity index (χ0v) is 11.4. The molecule has 92 valence electrons. The number of aryl methyl sites for hydroxylation is 3. The maximum Gasteiger partial charge on any atom is 0.211 e. The van der Waals surface area contributed by atoms with E-state index in [4.69, 9.17) is 4.42 Å². The van der Waals surface area contributed by atoms with Crippen LogP contribution in [-0.2, 0) is 6.54 Å². The average Bonchev–Trinajstić information content (AvgIpc) is 2.82. The Balaban J connectivity index is 1.96. The molecule has 4 nitrogen and oxygen atoms in total. The molecule has 0 amide bonds. The summed E-state index contributed by atoms with van der Waals surface area (Å²) in [7, 11) is 0. The van der Waals surface area contributed by atoms with Gasteiger partial charge in [0.2, 0.25) is 5.89 Å². The van der Waals surface area contributed by atoms with Gasteiger partial charge in [-0.25, -0.2) is 9.97 Å². The number of nitrogens with one attached hydrogen (secondary N) is 1. The maximum atomic E-state index is 5.48. The largest absolute Gasteiger partial charge is 0.444 e. The molecule has 0 bridgehead atoms. The van der Waals surface area contributed by atoms with Gasteiger partial charge in [-0.3, -0.25) is 0 Å². The molecule has 0 spiro atoms. The Bertz CT molecular complexity index is 504. The van der Waals surface area contributed by atoms with Crippen molar-refractivity contribution in [3.05, 3.63) is 33.4 Å². The van der Waals surface area contributed by atoms with Crippen LogP contribution in [0, 0.1) is 20.8 Å². The highest BCUT2D eigenvalue weighted by Crippen LogP contribution is 2.19. The van der Waals surface area contributed by atoms with Crippen LogP contribution < -0.4 is 5.32 Å². The molecule has 5 heteroatoms. The molecule has 0 aliphatic carbocycles. The number of oxazole rings is 1. The molecule has 0 aliphatic rings. The minimum atomic E-state index is 0.116. The predicted molar refractivity (Wildman–Crippen MR) is 68.1 cm³/mol. The SMILES string of the molecule is Cc1cnc(C(C)NCc2sc(C)nc2C)o1. The summed E-state index contributed by atoms with van der Waals surface area (Å²) >= 11 is 1.73. The van der Waals surface area contributed by atoms with Crippen molar-refractivity contribution in [3.8, 4) is 0 Å². The monoisotopic (exact) mass is 251 g/mol. The lowest BCUT2D eigenvalue weighted by Gasteiger charge is -2.09. The third-order valence-electron chi connectivity index (χ3n) is 2.58. The van der Waals surface area contributed by atoms with Crippen molar-refractivity contribution < 1.29 is 4.42 Å². The van der Waals surface area contributed by atoms with E-state index in [1.807, 2.05) is 20.8 Å². The Kier molecular flexibility index (Phi) is 3.59. The number of rotatable bonds is 4. The van der Waals surface area contributed by atoms with Crippen LogP contribution in [0.15, 0.2) is 10.6 Å². The summed E-state index contributed by atoms with van der Waals surface area (Å²) in [5, 5.41) is 4.51. The summed E-state index contributed by atoms with van der Waals surface area (Å²) < 4.78 is 5.48. The van der Waals surface area contributed by atoms with Crippen molar-refractivity contribution in [3.63, 3.8) is 0 Å². The van der Waals surface area contributed by atoms with Crippen molar-refractivity contribution >= 4 is 11.3 Å². The lowest BCUT2D eigenvalue weighted by molar-refractivity contribution is 0.403. The van der Waals surface area contributed by atoms with Crippen molar-refractivity contribution in [1.82, 2.24) is 15.3 Å². The highest BCUT2D eigenvalue weighted by atomic mass is 32.1. The molecule has 2 aromatic heterocycles. The van der Waals surface area contributed by atoms with Crippen molar-refractivity contribution in [2.45, 2.75) is 40.3 Å². The molecule has 17 heavy (non-hydrogen) atoms. The summed E-state index contributed by atoms with van der Waals surface area (Å²) in [4.78, 5) is 9.90. The first-order valence-electron chi connectivity index (χ1n) is 5.65. The van der Waals surface area contributed by atoms with Gasteiger partial charge < -0.3 is 9.73 Å². The topological polar surface area (TPSA) is 51.0 Å². The molecule has 0 saturated heterocycles. The Morgan fingerprint density at radius 3 is 2.71 bits per heavy atom. The molecule has 0 aromatic carbocycles. The third kappa shape index (κ3) is 2.92. The van der Waals surface area contributed by atoms with E-state index in [0.717, 1.165) is 28.9 Å². The first-order chi connectivity index (χ1) is 8.06. The first kappa shape index (κ1) is 12.3. The van der Waals surface area contributed by atoms with E-state index in [1.165, 1.54) is 4.88 Å². The van der Waals surface area contributed by atoms with Gasteiger partial charge >= 0.3 is 0 Å². The van der Waals surface area contributed by atoms with Crippen LogP contribution in [0.2, 0.25) is 0 Å². The fraction of sp³-hybridized carbons (Fsp3) is 0.500. The van der Waals surface area contributed by atoms with Crippen LogP contribution in [-0.4, -0.2) is 9.97 Å². The van der Waals surface area contributed by atoms with Gasteiger partial charge in [0.15, 0.2) is 0 Å². The third-order valence-corrected chi connectivity index (χ3v) is 3.65. The second kappa shape index (κ2) is 4.98. The summed E-state index contributed by atoms with van der Waals surface area (Å²) in [6, 6.07) is 0.116. The molecule has 1 atom stereocenters. The van der Waals surface area contributed by atoms with E-state index >= 15 is 0 Å². The van der Waals surface area contributed by atoms with E-state index in [9.17, 15) is 0 Å². The van der Waals surface area contributed by atoms with Crippen LogP contribution in [0.25, 0.3) is 0 Å². The second-order valence-electron chi connectivity index (χ2n) is 4.15. The molecule has 0 saturated carbocycles. The van der Waals surface area contributed by atoms with Crippen LogP contribution in [0.1, 0.15) is 40.2 Å². The van der Waals surface area contributed by atoms with Crippen LogP contribution in [0.5, 0.6) is 0 Å². The summed E-state index contributed by atoms with van der Waals surface area (Å²) in [5.41, 5.74) is 1.11. The molecular weight excluding hydrogens is 234 g/mol. The van der Waals surface area contributed by atoms with E-state index in [2.05, 4.69) is 22.2 Å². The number of hydrogen-bond donors (Lipinski definition) is 1. The van der Waals surface area contributed by atoms with Gasteiger partial charge in [0.25, 0.3) is 0 Å². The van der Waals surface area contributed by atoms with Gasteiger partial charge in [-0.2, -0.15) is 0 Å². The summed E-state index contributed by atoms with van der Waals surface area (Å²) in [5.74, 6) is 1.58. The smallest absolute Gasteiger partial charge is 0.211 e. The Morgan fingerprint density at radius 2 is 2.18 bits per heavy atom. The lowest BCUT2D eigenvalue weighted by atomic mass is 10.3. The number of hydrogen-bond acceptors (Lipinski definition) is 5. The van der Waals surface area contributed by atoms with E-state index in [-0.39, 0.29) is 6.04 Å². The van der Waals surface area contributed by atoms with E-state index < -0.39 is 0 Å². The van der Waals surface area contributed by atoms with Crippen LogP contribution in [0.4, 0.5) is 0 Å². The molecule has 0 aliphatic heterocycles. The van der Waals surface area contributed by atoms with Gasteiger partial charge in [0.1, 0.15) is 5.76 Å². The van der Waals surface area contributed by atoms with Gasteiger partial charge in [-0.15, -0.1) is 11.3 Å². The molecule has 2 rings (SSSR count). The van der Waals surface area contributed by atoms with Crippen LogP contribution >= 0.6 is 11.3 Å². The minimum Gasteiger partial charge on any atom is -0.444 e. The van der Waals surface area contributed by atoms with Gasteiger partial charge in [-0.05, 0) is 27.7 Å². The molecule has 2 aromatic rings. The standard InChI is InChI=1S/C12H17N3OS/c1-7-5-14-12(16-7)9(3)13-6-11-8(2)15-10(4)17-11/h5,9,13H,6H2,1-4H3. The first-order valence-corrected chi connectivity index (χ1v) is 6.46. The normalized spacial score (nSPS) is 12.9. The van der Waals surface area contributed by atoms with Crippen molar-refractivity contribution in [1.29, 1.82) is 0 Å². The second-order valence-corrected chi connectivity index (χ2v) is 5.44. The highest BCUT2D eigenvalue weighted by molar-refractivity contribution is 7.11. The molecule has 0 fully saturated rings. The fourth-order valence-electron chi connectivity index (χ4n) is 1.64. The number of aromatic nitrogens is 2. The zero-order chi connectivity index (χ0) is 12.4. The molecule has 2 heterocycles. The maximum absolute atomic E-state index is 5.48. The molecule has 0 radical (unpaired) electrons. The predicted octanol–water partition coefficient (Wildman–Crippen LogP) is 2.91. The van der Waals surface area contributed by atoms with E-state index in [0.29, 0.717) is 0 Å². The Morgan fingerprint density at radius 1 is 1.41 bits per heavy atom. The number of thiazole rings is 1. The van der Waals surface area contributed by atoms with Crippen molar-refractivity contribution in [2.75, 3.05) is 0 Å². The highest BCUT2D eigenvalue weighted by Gasteiger charge is 2.12. The minimum absolute atomic E-state index is 0.116. The summed E-state index contributed by atoms with van der Waals surface area (Å²) in [6.45, 7) is 8.83. The van der Waals surface area contributed by atoms with Crippen LogP contribution in [0.3, 0.4) is 0 Å². The average molecular weight is 251 g/mol. The quantitative estimate of drug-likeness (QED) is 0.907. The Labute approximate surface area is 105 Å². The molecular formula is C12H17N3OS. The van der Waals surface area contributed by atoms with Gasteiger partial charge in [-0.1, -0.05) is 0 Å². The number of nitrogens with zero attached hydrogens (tertiary/aromatic N) is 2.